The van der Waals surface area contributed by atoms with Gasteiger partial charge in [0.1, 0.15) is 5.82 Å². The molecule has 1 heterocycles. The lowest BCUT2D eigenvalue weighted by Gasteiger charge is -2.07. The van der Waals surface area contributed by atoms with Gasteiger partial charge in [-0.2, -0.15) is 0 Å². The molecule has 3 aromatic rings. The third-order valence-corrected chi connectivity index (χ3v) is 3.31. The Morgan fingerprint density at radius 3 is 2.56 bits per heavy atom. The fourth-order valence-electron chi connectivity index (χ4n) is 2.13. The third kappa shape index (κ3) is 2.00. The van der Waals surface area contributed by atoms with Crippen LogP contribution in [0.25, 0.3) is 10.9 Å². The van der Waals surface area contributed by atoms with Crippen LogP contribution in [0.2, 0.25) is 5.02 Å². The fourth-order valence-corrected chi connectivity index (χ4v) is 2.42. The van der Waals surface area contributed by atoms with Crippen LogP contribution in [0.4, 0.5) is 4.39 Å². The second-order valence-electron chi connectivity index (χ2n) is 4.25. The summed E-state index contributed by atoms with van der Waals surface area (Å²) in [6.07, 6.45) is 2.00. The Kier molecular flexibility index (Phi) is 2.80. The van der Waals surface area contributed by atoms with Gasteiger partial charge in [-0.1, -0.05) is 35.9 Å². The minimum absolute atomic E-state index is 0.214. The van der Waals surface area contributed by atoms with Crippen LogP contribution in [-0.2, 0) is 6.54 Å². The SMILES string of the molecule is Fc1ccc(Cn2ccc3cccc(Cl)c32)cc1. The minimum Gasteiger partial charge on any atom is -0.342 e. The molecule has 0 unspecified atom stereocenters. The van der Waals surface area contributed by atoms with Gasteiger partial charge in [-0.15, -0.1) is 0 Å². The van der Waals surface area contributed by atoms with Crippen molar-refractivity contribution >= 4 is 22.5 Å². The van der Waals surface area contributed by atoms with E-state index >= 15 is 0 Å². The Hall–Kier alpha value is -1.80. The van der Waals surface area contributed by atoms with E-state index in [0.717, 1.165) is 21.5 Å². The van der Waals surface area contributed by atoms with Gasteiger partial charge in [-0.25, -0.2) is 4.39 Å². The lowest BCUT2D eigenvalue weighted by Crippen LogP contribution is -1.98. The molecule has 0 bridgehead atoms. The maximum absolute atomic E-state index is 12.9. The predicted octanol–water partition coefficient (Wildman–Crippen LogP) is 4.48. The molecule has 0 fully saturated rings. The summed E-state index contributed by atoms with van der Waals surface area (Å²) in [7, 11) is 0. The van der Waals surface area contributed by atoms with Crippen LogP contribution in [0.5, 0.6) is 0 Å². The molecular weight excluding hydrogens is 249 g/mol. The van der Waals surface area contributed by atoms with Crippen LogP contribution in [-0.4, -0.2) is 4.57 Å². The van der Waals surface area contributed by atoms with Crippen molar-refractivity contribution in [3.63, 3.8) is 0 Å². The van der Waals surface area contributed by atoms with Crippen molar-refractivity contribution in [1.82, 2.24) is 4.57 Å². The fraction of sp³-hybridized carbons (Fsp3) is 0.0667. The van der Waals surface area contributed by atoms with E-state index in [1.807, 2.05) is 30.5 Å². The highest BCUT2D eigenvalue weighted by Crippen LogP contribution is 2.25. The predicted molar refractivity (Wildman–Crippen MR) is 72.5 cm³/mol. The van der Waals surface area contributed by atoms with Gasteiger partial charge in [0.15, 0.2) is 0 Å². The number of para-hydroxylation sites is 1. The van der Waals surface area contributed by atoms with E-state index in [9.17, 15) is 4.39 Å². The molecule has 3 rings (SSSR count). The minimum atomic E-state index is -0.214. The van der Waals surface area contributed by atoms with Crippen LogP contribution in [0.15, 0.2) is 54.7 Å². The largest absolute Gasteiger partial charge is 0.342 e. The molecule has 0 aliphatic carbocycles. The van der Waals surface area contributed by atoms with Crippen LogP contribution in [0.1, 0.15) is 5.56 Å². The Morgan fingerprint density at radius 2 is 1.78 bits per heavy atom. The van der Waals surface area contributed by atoms with Crippen LogP contribution in [0, 0.1) is 5.82 Å². The van der Waals surface area contributed by atoms with Gasteiger partial charge in [0.2, 0.25) is 0 Å². The van der Waals surface area contributed by atoms with E-state index in [1.54, 1.807) is 12.1 Å². The van der Waals surface area contributed by atoms with Crippen LogP contribution >= 0.6 is 11.6 Å². The highest BCUT2D eigenvalue weighted by Gasteiger charge is 2.05. The van der Waals surface area contributed by atoms with Crippen LogP contribution < -0.4 is 0 Å². The number of nitrogens with zero attached hydrogens (tertiary/aromatic N) is 1. The Bertz CT molecular complexity index is 685. The van der Waals surface area contributed by atoms with Crippen molar-refractivity contribution in [3.8, 4) is 0 Å². The smallest absolute Gasteiger partial charge is 0.123 e. The van der Waals surface area contributed by atoms with Gasteiger partial charge >= 0.3 is 0 Å². The van der Waals surface area contributed by atoms with Gasteiger partial charge in [-0.05, 0) is 29.8 Å². The molecule has 0 N–H and O–H groups in total. The van der Waals surface area contributed by atoms with Gasteiger partial charge in [0.25, 0.3) is 0 Å². The molecule has 1 nitrogen and oxygen atoms in total. The molecule has 0 aliphatic rings. The van der Waals surface area contributed by atoms with E-state index in [2.05, 4.69) is 4.57 Å². The van der Waals surface area contributed by atoms with E-state index in [1.165, 1.54) is 12.1 Å². The van der Waals surface area contributed by atoms with Crippen molar-refractivity contribution in [3.05, 3.63) is 71.1 Å². The zero-order valence-corrected chi connectivity index (χ0v) is 10.4. The lowest BCUT2D eigenvalue weighted by molar-refractivity contribution is 0.626. The number of hydrogen-bond donors (Lipinski definition) is 0. The molecule has 0 saturated heterocycles. The Balaban J connectivity index is 2.02. The van der Waals surface area contributed by atoms with E-state index in [4.69, 9.17) is 11.6 Å². The summed E-state index contributed by atoms with van der Waals surface area (Å²) in [5, 5.41) is 1.85. The highest BCUT2D eigenvalue weighted by molar-refractivity contribution is 6.35. The average molecular weight is 260 g/mol. The summed E-state index contributed by atoms with van der Waals surface area (Å²) in [5.74, 6) is -0.214. The standard InChI is InChI=1S/C15H11ClFN/c16-14-3-1-2-12-8-9-18(15(12)14)10-11-4-6-13(17)7-5-11/h1-9H,10H2. The zero-order valence-electron chi connectivity index (χ0n) is 9.61. The number of benzene rings is 2. The molecule has 18 heavy (non-hydrogen) atoms. The van der Waals surface area contributed by atoms with E-state index in [0.29, 0.717) is 6.54 Å². The van der Waals surface area contributed by atoms with Crippen molar-refractivity contribution in [1.29, 1.82) is 0 Å². The van der Waals surface area contributed by atoms with Crippen molar-refractivity contribution in [2.75, 3.05) is 0 Å². The van der Waals surface area contributed by atoms with Crippen molar-refractivity contribution in [2.24, 2.45) is 0 Å². The molecule has 0 amide bonds. The second-order valence-corrected chi connectivity index (χ2v) is 4.65. The molecule has 0 aliphatic heterocycles. The summed E-state index contributed by atoms with van der Waals surface area (Å²) in [6, 6.07) is 14.4. The first-order chi connectivity index (χ1) is 8.74. The first-order valence-electron chi connectivity index (χ1n) is 5.72. The molecule has 1 aromatic heterocycles. The lowest BCUT2D eigenvalue weighted by atomic mass is 10.2. The maximum Gasteiger partial charge on any atom is 0.123 e. The van der Waals surface area contributed by atoms with E-state index < -0.39 is 0 Å². The van der Waals surface area contributed by atoms with Gasteiger partial charge < -0.3 is 4.57 Å². The topological polar surface area (TPSA) is 4.93 Å². The van der Waals surface area contributed by atoms with Crippen LogP contribution in [0.3, 0.4) is 0 Å². The Labute approximate surface area is 109 Å². The first kappa shape index (κ1) is 11.3. The average Bonchev–Trinajstić information content (AvgIpc) is 2.77. The molecule has 2 aromatic carbocycles. The molecule has 0 saturated carbocycles. The zero-order chi connectivity index (χ0) is 12.5. The third-order valence-electron chi connectivity index (χ3n) is 3.01. The summed E-state index contributed by atoms with van der Waals surface area (Å²) in [4.78, 5) is 0. The quantitative estimate of drug-likeness (QED) is 0.639. The summed E-state index contributed by atoms with van der Waals surface area (Å²) in [5.41, 5.74) is 2.07. The van der Waals surface area contributed by atoms with Gasteiger partial charge in [0.05, 0.1) is 10.5 Å². The molecule has 0 radical (unpaired) electrons. The number of halogens is 2. The van der Waals surface area contributed by atoms with Crippen molar-refractivity contribution in [2.45, 2.75) is 6.54 Å². The number of hydrogen-bond acceptors (Lipinski definition) is 0. The molecule has 3 heteroatoms. The number of rotatable bonds is 2. The monoisotopic (exact) mass is 259 g/mol. The molecule has 0 atom stereocenters. The second kappa shape index (κ2) is 4.46. The molecule has 0 spiro atoms. The Morgan fingerprint density at radius 1 is 1.00 bits per heavy atom. The summed E-state index contributed by atoms with van der Waals surface area (Å²) < 4.78 is 14.9. The number of aromatic nitrogens is 1. The molecule has 90 valence electrons. The highest BCUT2D eigenvalue weighted by atomic mass is 35.5. The summed E-state index contributed by atoms with van der Waals surface area (Å²) >= 11 is 6.21. The first-order valence-corrected chi connectivity index (χ1v) is 6.09. The maximum atomic E-state index is 12.9. The van der Waals surface area contributed by atoms with Gasteiger partial charge in [-0.3, -0.25) is 0 Å². The van der Waals surface area contributed by atoms with E-state index in [-0.39, 0.29) is 5.82 Å². The summed E-state index contributed by atoms with van der Waals surface area (Å²) in [6.45, 7) is 0.688. The number of fused-ring (bicyclic) bond motifs is 1. The van der Waals surface area contributed by atoms with Gasteiger partial charge in [0, 0.05) is 18.1 Å². The normalized spacial score (nSPS) is 11.0. The van der Waals surface area contributed by atoms with Crippen molar-refractivity contribution < 1.29 is 4.39 Å². The molecular formula is C15H11ClFN.